The number of phenols is 1. The van der Waals surface area contributed by atoms with Crippen molar-refractivity contribution in [1.29, 1.82) is 0 Å². The standard InChI is InChI=1S/C17H15F3N6O2/c18-17(19,20)12-6-3-10(8-22-12)24-16-13(14(21)28)15(25-26-16)23-7-9-1-4-11(27)5-2-9/h1-6,8,27H,7H2,(H2,21,28)(H3,23,24,25,26). The number of rotatable bonds is 6. The number of carbonyl (C=O) groups excluding carboxylic acids is 1. The number of nitrogens with zero attached hydrogens (tertiary/aromatic N) is 2. The van der Waals surface area contributed by atoms with Gasteiger partial charge in [0.2, 0.25) is 0 Å². The zero-order chi connectivity index (χ0) is 20.3. The van der Waals surface area contributed by atoms with Gasteiger partial charge in [0.1, 0.15) is 22.8 Å². The number of phenolic OH excluding ortho intramolecular Hbond substituents is 1. The van der Waals surface area contributed by atoms with E-state index >= 15 is 0 Å². The quantitative estimate of drug-likeness (QED) is 0.439. The zero-order valence-electron chi connectivity index (χ0n) is 14.2. The highest BCUT2D eigenvalue weighted by molar-refractivity contribution is 6.03. The number of benzene rings is 1. The van der Waals surface area contributed by atoms with Crippen LogP contribution in [0.3, 0.4) is 0 Å². The molecule has 11 heteroatoms. The molecule has 28 heavy (non-hydrogen) atoms. The molecule has 3 aromatic rings. The van der Waals surface area contributed by atoms with Gasteiger partial charge in [-0.05, 0) is 29.8 Å². The minimum absolute atomic E-state index is 0.0127. The lowest BCUT2D eigenvalue weighted by atomic mass is 10.2. The first kappa shape index (κ1) is 19.0. The van der Waals surface area contributed by atoms with Crippen LogP contribution in [0.1, 0.15) is 21.6 Å². The van der Waals surface area contributed by atoms with Crippen LogP contribution >= 0.6 is 0 Å². The third-order valence-electron chi connectivity index (χ3n) is 3.73. The van der Waals surface area contributed by atoms with Crippen LogP contribution in [0.4, 0.5) is 30.5 Å². The lowest BCUT2D eigenvalue weighted by Crippen LogP contribution is -2.15. The minimum atomic E-state index is -4.55. The maximum absolute atomic E-state index is 12.6. The summed E-state index contributed by atoms with van der Waals surface area (Å²) in [5, 5.41) is 21.5. The van der Waals surface area contributed by atoms with Gasteiger partial charge in [-0.3, -0.25) is 9.89 Å². The molecule has 0 bridgehead atoms. The number of hydrogen-bond donors (Lipinski definition) is 5. The second kappa shape index (κ2) is 7.47. The number of nitrogens with two attached hydrogens (primary N) is 1. The number of anilines is 3. The van der Waals surface area contributed by atoms with Crippen molar-refractivity contribution in [2.24, 2.45) is 5.73 Å². The number of alkyl halides is 3. The second-order valence-electron chi connectivity index (χ2n) is 5.76. The van der Waals surface area contributed by atoms with E-state index in [2.05, 4.69) is 25.8 Å². The molecule has 0 radical (unpaired) electrons. The fraction of sp³-hybridized carbons (Fsp3) is 0.118. The number of halogens is 3. The van der Waals surface area contributed by atoms with Crippen LogP contribution in [0, 0.1) is 0 Å². The SMILES string of the molecule is NC(=O)c1c(Nc2ccc(C(F)(F)F)nc2)n[nH]c1NCc1ccc(O)cc1. The molecule has 0 aliphatic carbocycles. The van der Waals surface area contributed by atoms with Crippen molar-refractivity contribution in [3.8, 4) is 5.75 Å². The first-order valence-corrected chi connectivity index (χ1v) is 7.94. The Bertz CT molecular complexity index is 968. The van der Waals surface area contributed by atoms with Crippen molar-refractivity contribution in [3.05, 3.63) is 59.4 Å². The van der Waals surface area contributed by atoms with Gasteiger partial charge in [0.25, 0.3) is 5.91 Å². The zero-order valence-corrected chi connectivity index (χ0v) is 14.2. The molecule has 0 unspecified atom stereocenters. The molecule has 146 valence electrons. The fourth-order valence-electron chi connectivity index (χ4n) is 2.38. The van der Waals surface area contributed by atoms with Crippen LogP contribution in [-0.4, -0.2) is 26.2 Å². The maximum atomic E-state index is 12.6. The minimum Gasteiger partial charge on any atom is -0.508 e. The van der Waals surface area contributed by atoms with Gasteiger partial charge < -0.3 is 21.5 Å². The third-order valence-corrected chi connectivity index (χ3v) is 3.73. The Hall–Kier alpha value is -3.76. The largest absolute Gasteiger partial charge is 0.508 e. The highest BCUT2D eigenvalue weighted by atomic mass is 19.4. The van der Waals surface area contributed by atoms with Gasteiger partial charge in [0, 0.05) is 6.54 Å². The monoisotopic (exact) mass is 392 g/mol. The Morgan fingerprint density at radius 3 is 2.46 bits per heavy atom. The molecular formula is C17H15F3N6O2. The Kier molecular flexibility index (Phi) is 5.07. The van der Waals surface area contributed by atoms with Crippen LogP contribution in [0.15, 0.2) is 42.6 Å². The number of pyridine rings is 1. The van der Waals surface area contributed by atoms with E-state index in [0.717, 1.165) is 17.8 Å². The number of amides is 1. The molecule has 8 nitrogen and oxygen atoms in total. The summed E-state index contributed by atoms with van der Waals surface area (Å²) in [5.74, 6) is -0.380. The van der Waals surface area contributed by atoms with Crippen molar-refractivity contribution in [2.45, 2.75) is 12.7 Å². The lowest BCUT2D eigenvalue weighted by Gasteiger charge is -2.09. The Morgan fingerprint density at radius 1 is 1.18 bits per heavy atom. The van der Waals surface area contributed by atoms with E-state index in [4.69, 9.17) is 5.73 Å². The molecule has 0 aliphatic heterocycles. The van der Waals surface area contributed by atoms with Gasteiger partial charge in [-0.25, -0.2) is 4.98 Å². The molecule has 2 heterocycles. The third kappa shape index (κ3) is 4.31. The summed E-state index contributed by atoms with van der Waals surface area (Å²) < 4.78 is 37.7. The van der Waals surface area contributed by atoms with E-state index in [-0.39, 0.29) is 28.6 Å². The predicted molar refractivity (Wildman–Crippen MR) is 95.1 cm³/mol. The smallest absolute Gasteiger partial charge is 0.433 e. The highest BCUT2D eigenvalue weighted by Crippen LogP contribution is 2.29. The molecule has 0 spiro atoms. The summed E-state index contributed by atoms with van der Waals surface area (Å²) in [6.45, 7) is 0.310. The summed E-state index contributed by atoms with van der Waals surface area (Å²) in [7, 11) is 0. The molecule has 3 rings (SSSR count). The molecule has 0 atom stereocenters. The second-order valence-corrected chi connectivity index (χ2v) is 5.76. The van der Waals surface area contributed by atoms with Gasteiger partial charge in [0.05, 0.1) is 11.9 Å². The summed E-state index contributed by atoms with van der Waals surface area (Å²) >= 11 is 0. The van der Waals surface area contributed by atoms with E-state index in [9.17, 15) is 23.1 Å². The maximum Gasteiger partial charge on any atom is 0.433 e. The van der Waals surface area contributed by atoms with Gasteiger partial charge >= 0.3 is 6.18 Å². The molecule has 0 saturated heterocycles. The van der Waals surface area contributed by atoms with E-state index in [1.54, 1.807) is 12.1 Å². The average Bonchev–Trinajstić information content (AvgIpc) is 3.04. The van der Waals surface area contributed by atoms with Crippen molar-refractivity contribution < 1.29 is 23.1 Å². The molecule has 0 aliphatic rings. The van der Waals surface area contributed by atoms with Gasteiger partial charge in [-0.1, -0.05) is 12.1 Å². The highest BCUT2D eigenvalue weighted by Gasteiger charge is 2.32. The molecule has 0 saturated carbocycles. The summed E-state index contributed by atoms with van der Waals surface area (Å²) in [6, 6.07) is 8.39. The van der Waals surface area contributed by atoms with Crippen LogP contribution in [0.25, 0.3) is 0 Å². The first-order chi connectivity index (χ1) is 13.2. The van der Waals surface area contributed by atoms with Crippen molar-refractivity contribution >= 4 is 23.2 Å². The first-order valence-electron chi connectivity index (χ1n) is 7.94. The Balaban J connectivity index is 1.77. The Morgan fingerprint density at radius 2 is 1.89 bits per heavy atom. The number of H-pyrrole nitrogens is 1. The molecular weight excluding hydrogens is 377 g/mol. The van der Waals surface area contributed by atoms with Crippen molar-refractivity contribution in [1.82, 2.24) is 15.2 Å². The topological polar surface area (TPSA) is 129 Å². The average molecular weight is 392 g/mol. The van der Waals surface area contributed by atoms with Gasteiger partial charge in [0.15, 0.2) is 5.82 Å². The van der Waals surface area contributed by atoms with E-state index in [1.165, 1.54) is 18.2 Å². The summed E-state index contributed by atoms with van der Waals surface area (Å²) in [5.41, 5.74) is 5.41. The number of primary amides is 1. The summed E-state index contributed by atoms with van der Waals surface area (Å²) in [6.07, 6.45) is -3.57. The number of carbonyl (C=O) groups is 1. The van der Waals surface area contributed by atoms with Crippen LogP contribution in [0.5, 0.6) is 5.75 Å². The van der Waals surface area contributed by atoms with Crippen LogP contribution in [-0.2, 0) is 12.7 Å². The van der Waals surface area contributed by atoms with E-state index in [0.29, 0.717) is 6.54 Å². The number of nitrogens with one attached hydrogen (secondary N) is 3. The van der Waals surface area contributed by atoms with Gasteiger partial charge in [-0.15, -0.1) is 0 Å². The van der Waals surface area contributed by atoms with Crippen LogP contribution in [0.2, 0.25) is 0 Å². The normalized spacial score (nSPS) is 11.2. The number of aromatic nitrogens is 3. The number of hydrogen-bond acceptors (Lipinski definition) is 6. The molecule has 1 amide bonds. The van der Waals surface area contributed by atoms with Crippen LogP contribution < -0.4 is 16.4 Å². The van der Waals surface area contributed by atoms with Crippen molar-refractivity contribution in [2.75, 3.05) is 10.6 Å². The Labute approximate surface area is 156 Å². The molecule has 1 aromatic carbocycles. The predicted octanol–water partition coefficient (Wildman–Crippen LogP) is 2.98. The number of aromatic amines is 1. The summed E-state index contributed by atoms with van der Waals surface area (Å²) in [4.78, 5) is 15.2. The van der Waals surface area contributed by atoms with Crippen molar-refractivity contribution in [3.63, 3.8) is 0 Å². The van der Waals surface area contributed by atoms with E-state index in [1.807, 2.05) is 0 Å². The lowest BCUT2D eigenvalue weighted by molar-refractivity contribution is -0.141. The van der Waals surface area contributed by atoms with E-state index < -0.39 is 17.8 Å². The molecule has 0 fully saturated rings. The number of aromatic hydroxyl groups is 1. The molecule has 6 N–H and O–H groups in total. The van der Waals surface area contributed by atoms with Gasteiger partial charge in [-0.2, -0.15) is 18.3 Å². The fourth-order valence-corrected chi connectivity index (χ4v) is 2.38. The molecule has 2 aromatic heterocycles.